The Labute approximate surface area is 161 Å². The topological polar surface area (TPSA) is 43.8 Å². The molecule has 2 aromatic carbocycles. The standard InChI is InChI=1S/C23H28N2O2/c26-21(14-18-6-2-1-3-7-18)17-24-12-10-19(11-13-24)15-25-16-20-8-4-5-9-22(20)23(25)27/h1-9,19,21,26H,10-17H2. The molecule has 1 atom stereocenters. The third-order valence-corrected chi connectivity index (χ3v) is 5.87. The number of fused-ring (bicyclic) bond motifs is 1. The zero-order chi connectivity index (χ0) is 18.6. The number of hydrogen-bond donors (Lipinski definition) is 1. The molecule has 0 aromatic heterocycles. The van der Waals surface area contributed by atoms with E-state index in [2.05, 4.69) is 23.1 Å². The zero-order valence-corrected chi connectivity index (χ0v) is 15.8. The number of hydrogen-bond acceptors (Lipinski definition) is 3. The maximum Gasteiger partial charge on any atom is 0.254 e. The lowest BCUT2D eigenvalue weighted by Crippen LogP contribution is -2.42. The fourth-order valence-corrected chi connectivity index (χ4v) is 4.37. The normalized spacial score (nSPS) is 19.3. The van der Waals surface area contributed by atoms with Crippen molar-refractivity contribution in [1.29, 1.82) is 0 Å². The Hall–Kier alpha value is -2.17. The third-order valence-electron chi connectivity index (χ3n) is 5.87. The predicted molar refractivity (Wildman–Crippen MR) is 106 cm³/mol. The van der Waals surface area contributed by atoms with Gasteiger partial charge in [-0.3, -0.25) is 4.79 Å². The smallest absolute Gasteiger partial charge is 0.254 e. The monoisotopic (exact) mass is 364 g/mol. The second-order valence-corrected chi connectivity index (χ2v) is 7.93. The average Bonchev–Trinajstić information content (AvgIpc) is 3.00. The Balaban J connectivity index is 1.22. The van der Waals surface area contributed by atoms with Gasteiger partial charge in [0.05, 0.1) is 6.10 Å². The van der Waals surface area contributed by atoms with Crippen molar-refractivity contribution < 1.29 is 9.90 Å². The summed E-state index contributed by atoms with van der Waals surface area (Å²) in [5, 5.41) is 10.4. The van der Waals surface area contributed by atoms with Crippen molar-refractivity contribution in [3.8, 4) is 0 Å². The van der Waals surface area contributed by atoms with Crippen molar-refractivity contribution >= 4 is 5.91 Å². The molecule has 2 aliphatic rings. The Kier molecular flexibility index (Phi) is 5.55. The lowest BCUT2D eigenvalue weighted by atomic mass is 9.95. The SMILES string of the molecule is O=C1c2ccccc2CN1CC1CCN(CC(O)Cc2ccccc2)CC1. The number of carbonyl (C=O) groups excluding carboxylic acids is 1. The van der Waals surface area contributed by atoms with Crippen LogP contribution in [-0.4, -0.2) is 53.1 Å². The van der Waals surface area contributed by atoms with Crippen LogP contribution in [0, 0.1) is 5.92 Å². The molecular formula is C23H28N2O2. The number of β-amino-alcohol motifs (C(OH)–C–C–N with tert-alkyl or cyclic N) is 1. The number of carbonyl (C=O) groups is 1. The summed E-state index contributed by atoms with van der Waals surface area (Å²) in [5.41, 5.74) is 3.22. The fourth-order valence-electron chi connectivity index (χ4n) is 4.37. The van der Waals surface area contributed by atoms with E-state index in [0.29, 0.717) is 12.3 Å². The van der Waals surface area contributed by atoms with E-state index in [1.807, 2.05) is 41.3 Å². The highest BCUT2D eigenvalue weighted by Gasteiger charge is 2.30. The Morgan fingerprint density at radius 2 is 1.70 bits per heavy atom. The summed E-state index contributed by atoms with van der Waals surface area (Å²) in [6.45, 7) is 4.35. The molecule has 0 bridgehead atoms. The van der Waals surface area contributed by atoms with Gasteiger partial charge in [-0.2, -0.15) is 0 Å². The summed E-state index contributed by atoms with van der Waals surface area (Å²) in [6.07, 6.45) is 2.58. The first-order valence-electron chi connectivity index (χ1n) is 10.0. The molecular weight excluding hydrogens is 336 g/mol. The lowest BCUT2D eigenvalue weighted by Gasteiger charge is -2.34. The van der Waals surface area contributed by atoms with Crippen LogP contribution in [0.1, 0.15) is 34.3 Å². The molecule has 1 amide bonds. The van der Waals surface area contributed by atoms with Crippen LogP contribution < -0.4 is 0 Å². The lowest BCUT2D eigenvalue weighted by molar-refractivity contribution is 0.0656. The minimum Gasteiger partial charge on any atom is -0.391 e. The summed E-state index contributed by atoms with van der Waals surface area (Å²) in [4.78, 5) is 16.9. The Morgan fingerprint density at radius 1 is 1.00 bits per heavy atom. The van der Waals surface area contributed by atoms with Gasteiger partial charge in [0.25, 0.3) is 5.91 Å². The van der Waals surface area contributed by atoms with Crippen molar-refractivity contribution in [3.63, 3.8) is 0 Å². The van der Waals surface area contributed by atoms with Gasteiger partial charge in [-0.25, -0.2) is 0 Å². The molecule has 2 aromatic rings. The van der Waals surface area contributed by atoms with Crippen LogP contribution in [0.4, 0.5) is 0 Å². The first kappa shape index (κ1) is 18.2. The van der Waals surface area contributed by atoms with Gasteiger partial charge in [0.1, 0.15) is 0 Å². The maximum absolute atomic E-state index is 12.5. The quantitative estimate of drug-likeness (QED) is 0.857. The van der Waals surface area contributed by atoms with E-state index < -0.39 is 0 Å². The van der Waals surface area contributed by atoms with Crippen LogP contribution in [0.25, 0.3) is 0 Å². The number of rotatable bonds is 6. The van der Waals surface area contributed by atoms with Gasteiger partial charge < -0.3 is 14.9 Å². The molecule has 27 heavy (non-hydrogen) atoms. The number of benzene rings is 2. The molecule has 1 saturated heterocycles. The van der Waals surface area contributed by atoms with Gasteiger partial charge in [-0.15, -0.1) is 0 Å². The summed E-state index contributed by atoms with van der Waals surface area (Å²) in [5.74, 6) is 0.747. The summed E-state index contributed by atoms with van der Waals surface area (Å²) < 4.78 is 0. The molecule has 0 spiro atoms. The molecule has 2 heterocycles. The highest BCUT2D eigenvalue weighted by Crippen LogP contribution is 2.26. The van der Waals surface area contributed by atoms with Crippen molar-refractivity contribution in [2.24, 2.45) is 5.92 Å². The Morgan fingerprint density at radius 3 is 2.44 bits per heavy atom. The van der Waals surface area contributed by atoms with E-state index >= 15 is 0 Å². The largest absolute Gasteiger partial charge is 0.391 e. The van der Waals surface area contributed by atoms with Crippen LogP contribution in [0.5, 0.6) is 0 Å². The van der Waals surface area contributed by atoms with Gasteiger partial charge in [0, 0.05) is 25.2 Å². The van der Waals surface area contributed by atoms with Crippen LogP contribution in [-0.2, 0) is 13.0 Å². The molecule has 1 fully saturated rings. The number of nitrogens with zero attached hydrogens (tertiary/aromatic N) is 2. The minimum atomic E-state index is -0.321. The first-order valence-corrected chi connectivity index (χ1v) is 10.0. The summed E-state index contributed by atoms with van der Waals surface area (Å²) in [7, 11) is 0. The predicted octanol–water partition coefficient (Wildman–Crippen LogP) is 2.96. The van der Waals surface area contributed by atoms with E-state index in [9.17, 15) is 9.90 Å². The second kappa shape index (κ2) is 8.24. The minimum absolute atomic E-state index is 0.186. The van der Waals surface area contributed by atoms with Crippen molar-refractivity contribution in [3.05, 3.63) is 71.3 Å². The molecule has 0 saturated carbocycles. The number of piperidine rings is 1. The molecule has 4 rings (SSSR count). The van der Waals surface area contributed by atoms with Gasteiger partial charge in [-0.05, 0) is 55.5 Å². The number of likely N-dealkylation sites (tertiary alicyclic amines) is 1. The Bertz CT molecular complexity index is 769. The zero-order valence-electron chi connectivity index (χ0n) is 15.8. The average molecular weight is 364 g/mol. The van der Waals surface area contributed by atoms with Crippen molar-refractivity contribution in [1.82, 2.24) is 9.80 Å². The maximum atomic E-state index is 12.5. The highest BCUT2D eigenvalue weighted by molar-refractivity contribution is 5.98. The van der Waals surface area contributed by atoms with Crippen LogP contribution >= 0.6 is 0 Å². The molecule has 1 unspecified atom stereocenters. The van der Waals surface area contributed by atoms with Gasteiger partial charge in [-0.1, -0.05) is 48.5 Å². The number of aliphatic hydroxyl groups excluding tert-OH is 1. The molecule has 142 valence electrons. The van der Waals surface area contributed by atoms with E-state index in [1.165, 1.54) is 5.56 Å². The molecule has 0 radical (unpaired) electrons. The molecule has 4 nitrogen and oxygen atoms in total. The van der Waals surface area contributed by atoms with Gasteiger partial charge >= 0.3 is 0 Å². The van der Waals surface area contributed by atoms with E-state index in [1.54, 1.807) is 0 Å². The van der Waals surface area contributed by atoms with Crippen LogP contribution in [0.15, 0.2) is 54.6 Å². The third kappa shape index (κ3) is 4.40. The molecule has 0 aliphatic carbocycles. The van der Waals surface area contributed by atoms with Gasteiger partial charge in [0.15, 0.2) is 0 Å². The van der Waals surface area contributed by atoms with Gasteiger partial charge in [0.2, 0.25) is 0 Å². The molecule has 4 heteroatoms. The number of aliphatic hydroxyl groups is 1. The molecule has 2 aliphatic heterocycles. The first-order chi connectivity index (χ1) is 13.2. The van der Waals surface area contributed by atoms with E-state index in [4.69, 9.17) is 0 Å². The second-order valence-electron chi connectivity index (χ2n) is 7.93. The van der Waals surface area contributed by atoms with Crippen molar-refractivity contribution in [2.75, 3.05) is 26.2 Å². The van der Waals surface area contributed by atoms with E-state index in [-0.39, 0.29) is 12.0 Å². The summed E-state index contributed by atoms with van der Waals surface area (Å²) >= 11 is 0. The van der Waals surface area contributed by atoms with Crippen molar-refractivity contribution in [2.45, 2.75) is 31.9 Å². The fraction of sp³-hybridized carbons (Fsp3) is 0.435. The molecule has 1 N–H and O–H groups in total. The van der Waals surface area contributed by atoms with Crippen LogP contribution in [0.3, 0.4) is 0 Å². The summed E-state index contributed by atoms with van der Waals surface area (Å²) in [6, 6.07) is 18.1. The van der Waals surface area contributed by atoms with E-state index in [0.717, 1.165) is 56.7 Å². The van der Waals surface area contributed by atoms with Crippen LogP contribution in [0.2, 0.25) is 0 Å². The highest BCUT2D eigenvalue weighted by atomic mass is 16.3. The number of amides is 1.